The number of hydrogen-bond donors (Lipinski definition) is 0. The fourth-order valence-corrected chi connectivity index (χ4v) is 1.38. The first-order chi connectivity index (χ1) is 5.29. The molecule has 0 unspecified atom stereocenters. The lowest BCUT2D eigenvalue weighted by atomic mass is 10.1. The van der Waals surface area contributed by atoms with E-state index in [0.29, 0.717) is 5.57 Å². The molecule has 0 aromatic rings. The summed E-state index contributed by atoms with van der Waals surface area (Å²) >= 11 is 0. The fourth-order valence-electron chi connectivity index (χ4n) is 1.38. The Balaban J connectivity index is 3.10. The van der Waals surface area contributed by atoms with E-state index in [-0.39, 0.29) is 6.42 Å². The van der Waals surface area contributed by atoms with E-state index >= 15 is 0 Å². The second-order valence-electron chi connectivity index (χ2n) is 3.26. The number of hydrogen-bond acceptors (Lipinski definition) is 0. The molecule has 0 heterocycles. The molecule has 0 N–H and O–H groups in total. The zero-order chi connectivity index (χ0) is 9.57. The predicted molar refractivity (Wildman–Crippen MR) is 37.5 cm³/mol. The molecule has 0 bridgehead atoms. The number of halogens is 4. The van der Waals surface area contributed by atoms with Crippen LogP contribution in [-0.2, 0) is 0 Å². The molecule has 0 nitrogen and oxygen atoms in total. The molecule has 0 amide bonds. The fraction of sp³-hybridized carbons (Fsp3) is 0.750. The first-order valence-corrected chi connectivity index (χ1v) is 3.71. The van der Waals surface area contributed by atoms with E-state index in [1.54, 1.807) is 0 Å². The molecule has 0 atom stereocenters. The second-order valence-corrected chi connectivity index (χ2v) is 3.26. The first kappa shape index (κ1) is 9.55. The Kier molecular flexibility index (Phi) is 1.97. The van der Waals surface area contributed by atoms with Crippen molar-refractivity contribution in [2.24, 2.45) is 0 Å². The van der Waals surface area contributed by atoms with Crippen LogP contribution in [0.3, 0.4) is 0 Å². The third kappa shape index (κ3) is 1.13. The molecule has 1 aliphatic carbocycles. The summed E-state index contributed by atoms with van der Waals surface area (Å²) in [5.41, 5.74) is -0.0929. The average molecular weight is 182 g/mol. The third-order valence-electron chi connectivity index (χ3n) is 2.13. The zero-order valence-corrected chi connectivity index (χ0v) is 6.93. The van der Waals surface area contributed by atoms with Gasteiger partial charge in [-0.3, -0.25) is 0 Å². The Morgan fingerprint density at radius 3 is 1.83 bits per heavy atom. The van der Waals surface area contributed by atoms with Gasteiger partial charge < -0.3 is 0 Å². The molecule has 0 saturated heterocycles. The Bertz CT molecular complexity index is 223. The Hall–Kier alpha value is -0.540. The van der Waals surface area contributed by atoms with E-state index in [9.17, 15) is 17.6 Å². The molecule has 0 aromatic carbocycles. The second kappa shape index (κ2) is 2.47. The summed E-state index contributed by atoms with van der Waals surface area (Å²) in [7, 11) is 0. The molecule has 1 rings (SSSR count). The summed E-state index contributed by atoms with van der Waals surface area (Å²) < 4.78 is 50.8. The Morgan fingerprint density at radius 1 is 1.17 bits per heavy atom. The lowest BCUT2D eigenvalue weighted by molar-refractivity contribution is -0.168. The molecular weight excluding hydrogens is 172 g/mol. The van der Waals surface area contributed by atoms with Crippen molar-refractivity contribution in [3.05, 3.63) is 11.1 Å². The lowest BCUT2D eigenvalue weighted by Gasteiger charge is -2.19. The van der Waals surface area contributed by atoms with Crippen LogP contribution < -0.4 is 0 Å². The van der Waals surface area contributed by atoms with Crippen molar-refractivity contribution in [1.82, 2.24) is 0 Å². The maximum Gasteiger partial charge on any atom is 0.331 e. The van der Waals surface area contributed by atoms with Gasteiger partial charge in [0.2, 0.25) is 0 Å². The van der Waals surface area contributed by atoms with Crippen LogP contribution in [0.25, 0.3) is 0 Å². The highest BCUT2D eigenvalue weighted by Gasteiger charge is 2.62. The maximum absolute atomic E-state index is 12.8. The summed E-state index contributed by atoms with van der Waals surface area (Å²) in [6.07, 6.45) is -0.928. The predicted octanol–water partition coefficient (Wildman–Crippen LogP) is 3.39. The molecular formula is C8H10F4. The van der Waals surface area contributed by atoms with Gasteiger partial charge in [-0.1, -0.05) is 5.57 Å². The molecule has 0 aliphatic heterocycles. The smallest absolute Gasteiger partial charge is 0.199 e. The van der Waals surface area contributed by atoms with E-state index < -0.39 is 23.8 Å². The van der Waals surface area contributed by atoms with Crippen LogP contribution >= 0.6 is 0 Å². The molecule has 0 spiro atoms. The van der Waals surface area contributed by atoms with Gasteiger partial charge in [0.1, 0.15) is 0 Å². The summed E-state index contributed by atoms with van der Waals surface area (Å²) in [5, 5.41) is 0. The Morgan fingerprint density at radius 2 is 1.67 bits per heavy atom. The number of allylic oxidation sites excluding steroid dienone is 2. The van der Waals surface area contributed by atoms with E-state index in [0.717, 1.165) is 0 Å². The minimum absolute atomic E-state index is 0.192. The molecule has 1 saturated carbocycles. The Labute approximate surface area is 68.3 Å². The summed E-state index contributed by atoms with van der Waals surface area (Å²) in [4.78, 5) is 0. The number of rotatable bonds is 0. The van der Waals surface area contributed by atoms with Crippen molar-refractivity contribution in [3.8, 4) is 0 Å². The normalized spacial score (nSPS) is 26.0. The quantitative estimate of drug-likeness (QED) is 0.398. The molecule has 0 radical (unpaired) electrons. The summed E-state index contributed by atoms with van der Waals surface area (Å²) in [5.74, 6) is -7.77. The van der Waals surface area contributed by atoms with Gasteiger partial charge in [0.15, 0.2) is 0 Å². The molecule has 70 valence electrons. The van der Waals surface area contributed by atoms with Crippen molar-refractivity contribution in [1.29, 1.82) is 0 Å². The topological polar surface area (TPSA) is 0 Å². The third-order valence-corrected chi connectivity index (χ3v) is 2.13. The first-order valence-electron chi connectivity index (χ1n) is 3.71. The zero-order valence-electron chi connectivity index (χ0n) is 6.93. The molecule has 4 heteroatoms. The lowest BCUT2D eigenvalue weighted by Crippen LogP contribution is -2.35. The van der Waals surface area contributed by atoms with Crippen LogP contribution in [0.2, 0.25) is 0 Å². The van der Waals surface area contributed by atoms with Gasteiger partial charge in [-0.25, -0.2) is 0 Å². The van der Waals surface area contributed by atoms with Gasteiger partial charge in [0.25, 0.3) is 0 Å². The molecule has 1 aliphatic rings. The standard InChI is InChI=1S/C8H10F4/c1-5(2)6-3-4-7(9,10)8(6,11)12/h3-4H2,1-2H3. The van der Waals surface area contributed by atoms with Crippen molar-refractivity contribution < 1.29 is 17.6 Å². The summed E-state index contributed by atoms with van der Waals surface area (Å²) in [6, 6.07) is 0. The SMILES string of the molecule is CC(C)=C1CCC(F)(F)C1(F)F. The van der Waals surface area contributed by atoms with E-state index in [1.165, 1.54) is 13.8 Å². The van der Waals surface area contributed by atoms with Crippen molar-refractivity contribution in [2.45, 2.75) is 38.5 Å². The van der Waals surface area contributed by atoms with Crippen LogP contribution in [0.15, 0.2) is 11.1 Å². The molecule has 1 fully saturated rings. The van der Waals surface area contributed by atoms with Crippen LogP contribution in [0.5, 0.6) is 0 Å². The van der Waals surface area contributed by atoms with Crippen molar-refractivity contribution in [2.75, 3.05) is 0 Å². The van der Waals surface area contributed by atoms with E-state index in [2.05, 4.69) is 0 Å². The van der Waals surface area contributed by atoms with Crippen molar-refractivity contribution in [3.63, 3.8) is 0 Å². The van der Waals surface area contributed by atoms with Gasteiger partial charge >= 0.3 is 11.8 Å². The highest BCUT2D eigenvalue weighted by atomic mass is 19.3. The van der Waals surface area contributed by atoms with Gasteiger partial charge in [0, 0.05) is 12.0 Å². The van der Waals surface area contributed by atoms with Gasteiger partial charge in [-0.05, 0) is 20.3 Å². The largest absolute Gasteiger partial charge is 0.331 e. The van der Waals surface area contributed by atoms with Crippen molar-refractivity contribution >= 4 is 0 Å². The molecule has 12 heavy (non-hydrogen) atoms. The monoisotopic (exact) mass is 182 g/mol. The number of alkyl halides is 4. The molecule has 0 aromatic heterocycles. The average Bonchev–Trinajstić information content (AvgIpc) is 2.03. The van der Waals surface area contributed by atoms with E-state index in [4.69, 9.17) is 0 Å². The minimum atomic E-state index is -3.92. The van der Waals surface area contributed by atoms with Gasteiger partial charge in [0.05, 0.1) is 0 Å². The highest BCUT2D eigenvalue weighted by Crippen LogP contribution is 2.51. The van der Waals surface area contributed by atoms with Crippen LogP contribution in [-0.4, -0.2) is 11.8 Å². The van der Waals surface area contributed by atoms with E-state index in [1.807, 2.05) is 0 Å². The van der Waals surface area contributed by atoms with Gasteiger partial charge in [-0.15, -0.1) is 0 Å². The summed E-state index contributed by atoms with van der Waals surface area (Å²) in [6.45, 7) is 2.87. The maximum atomic E-state index is 12.8. The van der Waals surface area contributed by atoms with Gasteiger partial charge in [-0.2, -0.15) is 17.6 Å². The van der Waals surface area contributed by atoms with Crippen LogP contribution in [0.4, 0.5) is 17.6 Å². The van der Waals surface area contributed by atoms with Crippen LogP contribution in [0, 0.1) is 0 Å². The minimum Gasteiger partial charge on any atom is -0.199 e. The highest BCUT2D eigenvalue weighted by molar-refractivity contribution is 5.27. The van der Waals surface area contributed by atoms with Crippen LogP contribution in [0.1, 0.15) is 26.7 Å².